The zero-order valence-electron chi connectivity index (χ0n) is 10.0. The fraction of sp³-hybridized carbons (Fsp3) is 0.545. The summed E-state index contributed by atoms with van der Waals surface area (Å²) in [5.74, 6) is 0. The lowest BCUT2D eigenvalue weighted by molar-refractivity contribution is -0.174. The predicted molar refractivity (Wildman–Crippen MR) is 60.7 cm³/mol. The molecule has 0 fully saturated rings. The first-order valence-corrected chi connectivity index (χ1v) is 5.26. The van der Waals surface area contributed by atoms with Crippen LogP contribution in [0.25, 0.3) is 0 Å². The number of allylic oxidation sites excluding steroid dienone is 2. The number of hydrogen-bond donors (Lipinski definition) is 2. The summed E-state index contributed by atoms with van der Waals surface area (Å²) < 4.78 is 5.10. The summed E-state index contributed by atoms with van der Waals surface area (Å²) in [5.41, 5.74) is 1.89. The van der Waals surface area contributed by atoms with Gasteiger partial charge in [0.1, 0.15) is 6.07 Å². The topological polar surface area (TPSA) is 77.8 Å². The van der Waals surface area contributed by atoms with Crippen molar-refractivity contribution >= 4 is 0 Å². The standard InChI is InChI=1S/C11H17N3O3/c1-10-4-3-6-14(17-7-5-13-15)11(10,8-12)9-16-2/h3-4,6,13,15H,5,7,9H2,1-2H3. The maximum absolute atomic E-state index is 9.38. The highest BCUT2D eigenvalue weighted by Gasteiger charge is 2.40. The first-order valence-electron chi connectivity index (χ1n) is 5.26. The Kier molecular flexibility index (Phi) is 5.12. The second kappa shape index (κ2) is 6.37. The zero-order chi connectivity index (χ0) is 12.7. The van der Waals surface area contributed by atoms with Crippen LogP contribution >= 0.6 is 0 Å². The van der Waals surface area contributed by atoms with Gasteiger partial charge in [-0.15, -0.1) is 0 Å². The van der Waals surface area contributed by atoms with E-state index in [2.05, 4.69) is 6.07 Å². The van der Waals surface area contributed by atoms with E-state index < -0.39 is 5.54 Å². The summed E-state index contributed by atoms with van der Waals surface area (Å²) in [4.78, 5) is 5.43. The SMILES string of the molecule is COCC1(C#N)C(C)=CC=CN1OCCNO. The van der Waals surface area contributed by atoms with Crippen molar-refractivity contribution in [1.29, 1.82) is 5.26 Å². The van der Waals surface area contributed by atoms with E-state index >= 15 is 0 Å². The quantitative estimate of drug-likeness (QED) is 0.521. The molecule has 1 aliphatic heterocycles. The lowest BCUT2D eigenvalue weighted by Gasteiger charge is -2.38. The number of hydroxylamine groups is 3. The van der Waals surface area contributed by atoms with Crippen LogP contribution in [-0.4, -0.2) is 42.7 Å². The van der Waals surface area contributed by atoms with Crippen molar-refractivity contribution < 1.29 is 14.8 Å². The Morgan fingerprint density at radius 1 is 1.65 bits per heavy atom. The molecule has 1 aliphatic rings. The average Bonchev–Trinajstić information content (AvgIpc) is 2.33. The van der Waals surface area contributed by atoms with Crippen LogP contribution in [0.3, 0.4) is 0 Å². The molecule has 6 heteroatoms. The van der Waals surface area contributed by atoms with Crippen molar-refractivity contribution in [2.75, 3.05) is 26.9 Å². The minimum absolute atomic E-state index is 0.211. The normalized spacial score (nSPS) is 23.4. The largest absolute Gasteiger partial charge is 0.381 e. The van der Waals surface area contributed by atoms with Gasteiger partial charge >= 0.3 is 0 Å². The van der Waals surface area contributed by atoms with Crippen LogP contribution in [0.5, 0.6) is 0 Å². The molecule has 0 aromatic heterocycles. The molecule has 0 spiro atoms. The van der Waals surface area contributed by atoms with E-state index in [-0.39, 0.29) is 19.8 Å². The van der Waals surface area contributed by atoms with E-state index in [0.29, 0.717) is 0 Å². The van der Waals surface area contributed by atoms with Gasteiger partial charge in [-0.1, -0.05) is 6.08 Å². The molecule has 0 aromatic rings. The third kappa shape index (κ3) is 2.84. The van der Waals surface area contributed by atoms with Crippen LogP contribution in [0.2, 0.25) is 0 Å². The molecule has 0 amide bonds. The van der Waals surface area contributed by atoms with Crippen LogP contribution < -0.4 is 5.48 Å². The van der Waals surface area contributed by atoms with Gasteiger partial charge in [-0.3, -0.25) is 4.84 Å². The van der Waals surface area contributed by atoms with Crippen LogP contribution in [0.1, 0.15) is 6.92 Å². The van der Waals surface area contributed by atoms with Crippen molar-refractivity contribution in [2.24, 2.45) is 0 Å². The lowest BCUT2D eigenvalue weighted by Crippen LogP contribution is -2.50. The number of methoxy groups -OCH3 is 1. The molecule has 2 N–H and O–H groups in total. The van der Waals surface area contributed by atoms with Gasteiger partial charge in [0, 0.05) is 19.9 Å². The third-order valence-corrected chi connectivity index (χ3v) is 2.58. The molecule has 0 bridgehead atoms. The summed E-state index contributed by atoms with van der Waals surface area (Å²) in [5, 5.41) is 19.3. The first kappa shape index (κ1) is 13.7. The maximum atomic E-state index is 9.38. The summed E-state index contributed by atoms with van der Waals surface area (Å²) in [6.07, 6.45) is 5.33. The number of ether oxygens (including phenoxy) is 1. The van der Waals surface area contributed by atoms with Crippen molar-refractivity contribution in [1.82, 2.24) is 10.5 Å². The molecule has 0 aliphatic carbocycles. The third-order valence-electron chi connectivity index (χ3n) is 2.58. The van der Waals surface area contributed by atoms with Gasteiger partial charge in [0.15, 0.2) is 5.54 Å². The molecule has 1 atom stereocenters. The van der Waals surface area contributed by atoms with Gasteiger partial charge < -0.3 is 9.94 Å². The number of rotatable bonds is 6. The molecule has 0 saturated carbocycles. The smallest absolute Gasteiger partial charge is 0.196 e. The van der Waals surface area contributed by atoms with Crippen LogP contribution in [0, 0.1) is 11.3 Å². The Bertz CT molecular complexity index is 348. The molecule has 0 radical (unpaired) electrons. The molecule has 1 heterocycles. The van der Waals surface area contributed by atoms with E-state index in [0.717, 1.165) is 5.57 Å². The highest BCUT2D eigenvalue weighted by molar-refractivity contribution is 5.35. The minimum atomic E-state index is -0.945. The Labute approximate surface area is 101 Å². The first-order chi connectivity index (χ1) is 8.21. The highest BCUT2D eigenvalue weighted by atomic mass is 16.7. The van der Waals surface area contributed by atoms with E-state index in [1.54, 1.807) is 12.3 Å². The van der Waals surface area contributed by atoms with Gasteiger partial charge in [-0.25, -0.2) is 10.5 Å². The summed E-state index contributed by atoms with van der Waals surface area (Å²) >= 11 is 0. The molecule has 0 saturated heterocycles. The number of nitrogens with one attached hydrogen (secondary N) is 1. The predicted octanol–water partition coefficient (Wildman–Crippen LogP) is 0.581. The van der Waals surface area contributed by atoms with Gasteiger partial charge in [0.25, 0.3) is 0 Å². The van der Waals surface area contributed by atoms with E-state index in [1.165, 1.54) is 12.2 Å². The molecule has 6 nitrogen and oxygen atoms in total. The van der Waals surface area contributed by atoms with E-state index in [1.807, 2.05) is 18.5 Å². The summed E-state index contributed by atoms with van der Waals surface area (Å²) in [6.45, 7) is 2.60. The molecule has 1 rings (SSSR count). The number of hydrogen-bond acceptors (Lipinski definition) is 6. The zero-order valence-corrected chi connectivity index (χ0v) is 10.0. The van der Waals surface area contributed by atoms with Crippen LogP contribution in [0.15, 0.2) is 23.9 Å². The highest BCUT2D eigenvalue weighted by Crippen LogP contribution is 2.28. The molecule has 94 valence electrons. The van der Waals surface area contributed by atoms with Crippen molar-refractivity contribution in [2.45, 2.75) is 12.5 Å². The van der Waals surface area contributed by atoms with E-state index in [9.17, 15) is 5.26 Å². The Morgan fingerprint density at radius 2 is 2.41 bits per heavy atom. The monoisotopic (exact) mass is 239 g/mol. The number of nitrogens with zero attached hydrogens (tertiary/aromatic N) is 2. The van der Waals surface area contributed by atoms with Crippen molar-refractivity contribution in [3.05, 3.63) is 23.9 Å². The second-order valence-electron chi connectivity index (χ2n) is 3.66. The molecule has 1 unspecified atom stereocenters. The fourth-order valence-corrected chi connectivity index (χ4v) is 1.60. The van der Waals surface area contributed by atoms with Crippen LogP contribution in [-0.2, 0) is 9.57 Å². The lowest BCUT2D eigenvalue weighted by atomic mass is 9.90. The minimum Gasteiger partial charge on any atom is -0.381 e. The van der Waals surface area contributed by atoms with Gasteiger partial charge in [0.2, 0.25) is 0 Å². The molecular weight excluding hydrogens is 222 g/mol. The molecule has 17 heavy (non-hydrogen) atoms. The van der Waals surface area contributed by atoms with Crippen LogP contribution in [0.4, 0.5) is 0 Å². The Balaban J connectivity index is 2.82. The maximum Gasteiger partial charge on any atom is 0.196 e. The van der Waals surface area contributed by atoms with Gasteiger partial charge in [0.05, 0.1) is 13.2 Å². The van der Waals surface area contributed by atoms with Gasteiger partial charge in [-0.2, -0.15) is 5.26 Å². The van der Waals surface area contributed by atoms with Crippen molar-refractivity contribution in [3.8, 4) is 6.07 Å². The number of nitriles is 1. The Morgan fingerprint density at radius 3 is 3.00 bits per heavy atom. The van der Waals surface area contributed by atoms with E-state index in [4.69, 9.17) is 14.8 Å². The summed E-state index contributed by atoms with van der Waals surface area (Å²) in [6, 6.07) is 2.22. The molecule has 0 aromatic carbocycles. The average molecular weight is 239 g/mol. The second-order valence-corrected chi connectivity index (χ2v) is 3.66. The fourth-order valence-electron chi connectivity index (χ4n) is 1.60. The molecular formula is C11H17N3O3. The summed E-state index contributed by atoms with van der Waals surface area (Å²) in [7, 11) is 1.54. The van der Waals surface area contributed by atoms with Crippen molar-refractivity contribution in [3.63, 3.8) is 0 Å². The Hall–Kier alpha value is -1.39. The van der Waals surface area contributed by atoms with Gasteiger partial charge in [-0.05, 0) is 18.6 Å².